The minimum Gasteiger partial charge on any atom is -0.466 e. The SMILES string of the molecule is CCCCCCCCCCCCCCC(=O)OCCCCCCCC/C=C\CCCCCC(=O)NC(CO)C(O)CCCCCCCCCCC. The Morgan fingerprint density at radius 1 is 0.529 bits per heavy atom. The van der Waals surface area contributed by atoms with Crippen molar-refractivity contribution >= 4 is 11.9 Å². The topological polar surface area (TPSA) is 95.9 Å². The third-order valence-electron chi connectivity index (χ3n) is 10.3. The molecule has 2 unspecified atom stereocenters. The van der Waals surface area contributed by atoms with Crippen LogP contribution in [-0.4, -0.2) is 47.4 Å². The first kappa shape index (κ1) is 49.6. The third-order valence-corrected chi connectivity index (χ3v) is 10.3. The Kier molecular flexibility index (Phi) is 40.2. The van der Waals surface area contributed by atoms with E-state index in [-0.39, 0.29) is 18.5 Å². The molecule has 0 radical (unpaired) electrons. The summed E-state index contributed by atoms with van der Waals surface area (Å²) in [7, 11) is 0. The monoisotopic (exact) mass is 722 g/mol. The summed E-state index contributed by atoms with van der Waals surface area (Å²) >= 11 is 0. The van der Waals surface area contributed by atoms with E-state index in [1.807, 2.05) is 0 Å². The van der Waals surface area contributed by atoms with Crippen molar-refractivity contribution in [3.63, 3.8) is 0 Å². The number of hydrogen-bond donors (Lipinski definition) is 3. The number of allylic oxidation sites excluding steroid dienone is 2. The van der Waals surface area contributed by atoms with Gasteiger partial charge in [-0.1, -0.05) is 187 Å². The summed E-state index contributed by atoms with van der Waals surface area (Å²) in [6.07, 6.45) is 44.6. The smallest absolute Gasteiger partial charge is 0.305 e. The average Bonchev–Trinajstić information content (AvgIpc) is 3.13. The highest BCUT2D eigenvalue weighted by atomic mass is 16.5. The fourth-order valence-electron chi connectivity index (χ4n) is 6.81. The van der Waals surface area contributed by atoms with E-state index in [1.165, 1.54) is 135 Å². The molecule has 0 aromatic carbocycles. The number of carbonyl (C=O) groups is 2. The van der Waals surface area contributed by atoms with E-state index in [1.54, 1.807) is 0 Å². The zero-order valence-electron chi connectivity index (χ0n) is 34.1. The first-order chi connectivity index (χ1) is 25.0. The zero-order valence-corrected chi connectivity index (χ0v) is 34.1. The van der Waals surface area contributed by atoms with Crippen LogP contribution in [-0.2, 0) is 14.3 Å². The normalized spacial score (nSPS) is 12.8. The highest BCUT2D eigenvalue weighted by molar-refractivity contribution is 5.76. The van der Waals surface area contributed by atoms with E-state index in [0.717, 1.165) is 70.6 Å². The van der Waals surface area contributed by atoms with Crippen LogP contribution < -0.4 is 5.32 Å². The molecule has 0 aliphatic rings. The molecule has 0 bridgehead atoms. The first-order valence-corrected chi connectivity index (χ1v) is 22.4. The van der Waals surface area contributed by atoms with E-state index in [4.69, 9.17) is 4.74 Å². The number of aliphatic hydroxyl groups excluding tert-OH is 2. The molecule has 0 fully saturated rings. The number of unbranched alkanes of at least 4 members (excludes halogenated alkanes) is 28. The Morgan fingerprint density at radius 2 is 0.922 bits per heavy atom. The third kappa shape index (κ3) is 38.1. The van der Waals surface area contributed by atoms with Gasteiger partial charge >= 0.3 is 5.97 Å². The van der Waals surface area contributed by atoms with Crippen LogP contribution >= 0.6 is 0 Å². The standard InChI is InChI=1S/C45H87NO5/c1-3-5-7-9-11-13-14-19-23-27-31-35-39-45(50)51-40-36-32-28-24-20-17-15-16-18-22-26-30-34-38-44(49)46-42(41-47)43(48)37-33-29-25-21-12-10-8-6-4-2/h16,18,42-43,47-48H,3-15,17,19-41H2,1-2H3,(H,46,49)/b18-16-. The molecule has 1 amide bonds. The van der Waals surface area contributed by atoms with Crippen molar-refractivity contribution in [2.45, 2.75) is 251 Å². The number of ether oxygens (including phenoxy) is 1. The maximum absolute atomic E-state index is 12.3. The predicted octanol–water partition coefficient (Wildman–Crippen LogP) is 12.6. The summed E-state index contributed by atoms with van der Waals surface area (Å²) in [4.78, 5) is 24.3. The minimum absolute atomic E-state index is 0.0127. The van der Waals surface area contributed by atoms with E-state index in [9.17, 15) is 19.8 Å². The second kappa shape index (κ2) is 41.4. The molecule has 0 aliphatic carbocycles. The fourth-order valence-corrected chi connectivity index (χ4v) is 6.81. The van der Waals surface area contributed by atoms with Crippen LogP contribution in [0.2, 0.25) is 0 Å². The van der Waals surface area contributed by atoms with Gasteiger partial charge in [0.1, 0.15) is 0 Å². The molecule has 0 spiro atoms. The van der Waals surface area contributed by atoms with Gasteiger partial charge in [0, 0.05) is 12.8 Å². The number of carbonyl (C=O) groups excluding carboxylic acids is 2. The Morgan fingerprint density at radius 3 is 1.41 bits per heavy atom. The number of aliphatic hydroxyl groups is 2. The molecule has 6 heteroatoms. The number of rotatable bonds is 41. The van der Waals surface area contributed by atoms with Crippen LogP contribution in [0.3, 0.4) is 0 Å². The largest absolute Gasteiger partial charge is 0.466 e. The van der Waals surface area contributed by atoms with Crippen LogP contribution in [0.1, 0.15) is 239 Å². The molecule has 302 valence electrons. The maximum Gasteiger partial charge on any atom is 0.305 e. The quantitative estimate of drug-likeness (QED) is 0.0332. The molecular formula is C45H87NO5. The highest BCUT2D eigenvalue weighted by Crippen LogP contribution is 2.15. The second-order valence-electron chi connectivity index (χ2n) is 15.4. The van der Waals surface area contributed by atoms with E-state index < -0.39 is 12.1 Å². The van der Waals surface area contributed by atoms with Crippen LogP contribution in [0, 0.1) is 0 Å². The molecular weight excluding hydrogens is 634 g/mol. The van der Waals surface area contributed by atoms with Gasteiger partial charge in [-0.2, -0.15) is 0 Å². The Labute approximate surface area is 317 Å². The molecule has 6 nitrogen and oxygen atoms in total. The summed E-state index contributed by atoms with van der Waals surface area (Å²) in [6.45, 7) is 4.87. The van der Waals surface area contributed by atoms with Gasteiger partial charge in [-0.25, -0.2) is 0 Å². The van der Waals surface area contributed by atoms with Crippen molar-refractivity contribution in [1.29, 1.82) is 0 Å². The number of amides is 1. The lowest BCUT2D eigenvalue weighted by atomic mass is 10.0. The van der Waals surface area contributed by atoms with Gasteiger partial charge in [0.2, 0.25) is 5.91 Å². The summed E-state index contributed by atoms with van der Waals surface area (Å²) in [5.74, 6) is -0.0805. The highest BCUT2D eigenvalue weighted by Gasteiger charge is 2.20. The van der Waals surface area contributed by atoms with Crippen molar-refractivity contribution in [3.8, 4) is 0 Å². The Hall–Kier alpha value is -1.40. The number of hydrogen-bond acceptors (Lipinski definition) is 5. The fraction of sp³-hybridized carbons (Fsp3) is 0.911. The van der Waals surface area contributed by atoms with Crippen molar-refractivity contribution in [3.05, 3.63) is 12.2 Å². The molecule has 0 rings (SSSR count). The van der Waals surface area contributed by atoms with Crippen molar-refractivity contribution in [2.75, 3.05) is 13.2 Å². The summed E-state index contributed by atoms with van der Waals surface area (Å²) in [5, 5.41) is 23.0. The number of esters is 1. The van der Waals surface area contributed by atoms with E-state index in [0.29, 0.717) is 25.9 Å². The molecule has 51 heavy (non-hydrogen) atoms. The maximum atomic E-state index is 12.3. The average molecular weight is 722 g/mol. The lowest BCUT2D eigenvalue weighted by Crippen LogP contribution is -2.45. The molecule has 0 aromatic rings. The van der Waals surface area contributed by atoms with Gasteiger partial charge in [0.15, 0.2) is 0 Å². The lowest BCUT2D eigenvalue weighted by Gasteiger charge is -2.22. The van der Waals surface area contributed by atoms with Crippen molar-refractivity contribution in [2.24, 2.45) is 0 Å². The molecule has 0 aromatic heterocycles. The Bertz CT molecular complexity index is 757. The predicted molar refractivity (Wildman–Crippen MR) is 218 cm³/mol. The van der Waals surface area contributed by atoms with Gasteiger partial charge in [0.05, 0.1) is 25.4 Å². The van der Waals surface area contributed by atoms with Crippen molar-refractivity contribution < 1.29 is 24.5 Å². The number of nitrogens with one attached hydrogen (secondary N) is 1. The summed E-state index contributed by atoms with van der Waals surface area (Å²) in [6, 6.07) is -0.558. The first-order valence-electron chi connectivity index (χ1n) is 22.4. The molecule has 2 atom stereocenters. The van der Waals surface area contributed by atoms with Gasteiger partial charge < -0.3 is 20.3 Å². The van der Waals surface area contributed by atoms with E-state index in [2.05, 4.69) is 31.3 Å². The van der Waals surface area contributed by atoms with Gasteiger partial charge in [-0.15, -0.1) is 0 Å². The van der Waals surface area contributed by atoms with Crippen molar-refractivity contribution in [1.82, 2.24) is 5.32 Å². The van der Waals surface area contributed by atoms with Crippen LogP contribution in [0.5, 0.6) is 0 Å². The van der Waals surface area contributed by atoms with Gasteiger partial charge in [0.25, 0.3) is 0 Å². The molecule has 0 aliphatic heterocycles. The second-order valence-corrected chi connectivity index (χ2v) is 15.4. The van der Waals surface area contributed by atoms with Crippen LogP contribution in [0.15, 0.2) is 12.2 Å². The van der Waals surface area contributed by atoms with Gasteiger partial charge in [-0.05, 0) is 51.4 Å². The van der Waals surface area contributed by atoms with Crippen LogP contribution in [0.4, 0.5) is 0 Å². The molecule has 0 saturated carbocycles. The molecule has 0 saturated heterocycles. The molecule has 3 N–H and O–H groups in total. The van der Waals surface area contributed by atoms with E-state index >= 15 is 0 Å². The van der Waals surface area contributed by atoms with Gasteiger partial charge in [-0.3, -0.25) is 9.59 Å². The minimum atomic E-state index is -0.677. The summed E-state index contributed by atoms with van der Waals surface area (Å²) in [5.41, 5.74) is 0. The zero-order chi connectivity index (χ0) is 37.3. The Balaban J connectivity index is 3.48. The molecule has 0 heterocycles. The summed E-state index contributed by atoms with van der Waals surface area (Å²) < 4.78 is 5.43. The lowest BCUT2D eigenvalue weighted by molar-refractivity contribution is -0.143. The van der Waals surface area contributed by atoms with Crippen LogP contribution in [0.25, 0.3) is 0 Å².